The number of aromatic nitrogens is 3. The number of carbonyl (C=O) groups is 1. The number of rotatable bonds is 7. The summed E-state index contributed by atoms with van der Waals surface area (Å²) in [5.41, 5.74) is 7.49. The van der Waals surface area contributed by atoms with Gasteiger partial charge in [0.05, 0.1) is 18.8 Å². The van der Waals surface area contributed by atoms with E-state index in [9.17, 15) is 9.18 Å². The number of hydrogen-bond acceptors (Lipinski definition) is 6. The van der Waals surface area contributed by atoms with Crippen LogP contribution in [0.4, 0.5) is 20.6 Å². The molecule has 9 heteroatoms. The van der Waals surface area contributed by atoms with Gasteiger partial charge in [0.2, 0.25) is 0 Å². The highest BCUT2D eigenvalue weighted by atomic mass is 18.2. The maximum Gasteiger partial charge on any atom is 0.412 e. The first-order valence-electron chi connectivity index (χ1n) is 13.3. The summed E-state index contributed by atoms with van der Waals surface area (Å²) < 4.78 is 25.4. The van der Waals surface area contributed by atoms with Crippen LogP contribution in [-0.4, -0.2) is 40.4 Å². The van der Waals surface area contributed by atoms with Gasteiger partial charge in [0.15, 0.2) is 0 Å². The summed E-state index contributed by atoms with van der Waals surface area (Å²) in [7, 11) is 2.07. The van der Waals surface area contributed by atoms with Crippen LogP contribution in [0.1, 0.15) is 49.2 Å². The normalized spacial score (nSPS) is 14.3. The van der Waals surface area contributed by atoms with E-state index in [4.69, 9.17) is 9.47 Å². The molecule has 1 aromatic heterocycles. The molecule has 1 N–H and O–H groups in total. The summed E-state index contributed by atoms with van der Waals surface area (Å²) in [6.07, 6.45) is 1.20. The van der Waals surface area contributed by atoms with E-state index in [1.54, 1.807) is 6.20 Å². The highest BCUT2D eigenvalue weighted by molar-refractivity contribution is 5.91. The monoisotopic (exact) mass is 542 g/mol. The number of anilines is 2. The molecule has 0 bridgehead atoms. The molecule has 1 aliphatic rings. The minimum absolute atomic E-state index is 0.0474. The first kappa shape index (κ1) is 27.2. The second-order valence-corrected chi connectivity index (χ2v) is 11.0. The Morgan fingerprint density at radius 1 is 1.05 bits per heavy atom. The van der Waals surface area contributed by atoms with Crippen molar-refractivity contribution in [3.63, 3.8) is 0 Å². The SMILES string of the molecule is Cc1ccc2c(c1)C(c1ccc(OCc3cn(CC[18F])nn3)cc1)N(C)c1cc(NC(=O)OC(C)(C)C)ccc1-2. The molecule has 1 amide bonds. The number of ether oxygens (including phenoxy) is 2. The maximum atomic E-state index is 12.5. The van der Waals surface area contributed by atoms with Gasteiger partial charge < -0.3 is 14.4 Å². The fourth-order valence-corrected chi connectivity index (χ4v) is 4.96. The molecule has 5 rings (SSSR count). The standard InChI is InChI=1S/C31H34FN5O3/c1-20-6-12-25-26-13-9-22(33-30(38)40-31(2,3)4)17-28(26)36(5)29(27(25)16-20)21-7-10-24(11-8-21)39-19-23-18-37(15-14-32)35-34-23/h6-13,16-18,29H,14-15,19H2,1-5H3,(H,33,38)/i32-1. The van der Waals surface area contributed by atoms with E-state index >= 15 is 0 Å². The zero-order valence-corrected chi connectivity index (χ0v) is 23.4. The van der Waals surface area contributed by atoms with Crippen molar-refractivity contribution in [2.24, 2.45) is 0 Å². The number of carbonyl (C=O) groups excluding carboxylic acids is 1. The second-order valence-electron chi connectivity index (χ2n) is 11.0. The summed E-state index contributed by atoms with van der Waals surface area (Å²) in [6, 6.07) is 20.4. The summed E-state index contributed by atoms with van der Waals surface area (Å²) >= 11 is 0. The first-order chi connectivity index (χ1) is 19.1. The molecule has 0 fully saturated rings. The number of fused-ring (bicyclic) bond motifs is 3. The molecule has 0 saturated heterocycles. The fourth-order valence-electron chi connectivity index (χ4n) is 4.96. The second kappa shape index (κ2) is 11.0. The van der Waals surface area contributed by atoms with Gasteiger partial charge in [-0.2, -0.15) is 0 Å². The minimum atomic E-state index is -0.583. The van der Waals surface area contributed by atoms with Crippen LogP contribution in [-0.2, 0) is 17.9 Å². The molecule has 3 aromatic carbocycles. The molecule has 1 atom stereocenters. The van der Waals surface area contributed by atoms with E-state index in [1.807, 2.05) is 51.1 Å². The zero-order valence-electron chi connectivity index (χ0n) is 23.4. The van der Waals surface area contributed by atoms with Gasteiger partial charge >= 0.3 is 6.09 Å². The number of aryl methyl sites for hydroxylation is 2. The van der Waals surface area contributed by atoms with Crippen LogP contribution >= 0.6 is 0 Å². The molecule has 8 nitrogen and oxygen atoms in total. The lowest BCUT2D eigenvalue weighted by Gasteiger charge is -2.38. The number of benzene rings is 3. The number of alkyl halides is 1. The van der Waals surface area contributed by atoms with Crippen LogP contribution in [0.2, 0.25) is 0 Å². The van der Waals surface area contributed by atoms with Gasteiger partial charge in [0.1, 0.15) is 30.3 Å². The van der Waals surface area contributed by atoms with Crippen molar-refractivity contribution in [1.82, 2.24) is 15.0 Å². The predicted octanol–water partition coefficient (Wildman–Crippen LogP) is 6.69. The van der Waals surface area contributed by atoms with E-state index < -0.39 is 18.4 Å². The lowest BCUT2D eigenvalue weighted by molar-refractivity contribution is 0.0636. The van der Waals surface area contributed by atoms with Crippen LogP contribution in [0.15, 0.2) is 66.9 Å². The average molecular weight is 543 g/mol. The molecule has 208 valence electrons. The topological polar surface area (TPSA) is 81.5 Å². The third-order valence-electron chi connectivity index (χ3n) is 6.68. The third-order valence-corrected chi connectivity index (χ3v) is 6.68. The van der Waals surface area contributed by atoms with Crippen molar-refractivity contribution in [3.8, 4) is 16.9 Å². The Hall–Kier alpha value is -4.40. The van der Waals surface area contributed by atoms with Gasteiger partial charge in [-0.15, -0.1) is 5.10 Å². The van der Waals surface area contributed by atoms with Crippen LogP contribution < -0.4 is 15.0 Å². The third kappa shape index (κ3) is 5.93. The van der Waals surface area contributed by atoms with Gasteiger partial charge in [-0.3, -0.25) is 5.32 Å². The molecule has 1 unspecified atom stereocenters. The van der Waals surface area contributed by atoms with E-state index in [0.717, 1.165) is 22.4 Å². The van der Waals surface area contributed by atoms with Crippen molar-refractivity contribution < 1.29 is 18.7 Å². The lowest BCUT2D eigenvalue weighted by Crippen LogP contribution is -2.30. The Morgan fingerprint density at radius 2 is 1.80 bits per heavy atom. The molecule has 0 spiro atoms. The van der Waals surface area contributed by atoms with Crippen molar-refractivity contribution in [1.29, 1.82) is 0 Å². The van der Waals surface area contributed by atoms with Crippen LogP contribution in [0.25, 0.3) is 11.1 Å². The molecule has 0 radical (unpaired) electrons. The van der Waals surface area contributed by atoms with Gasteiger partial charge in [0.25, 0.3) is 0 Å². The molecular formula is C31H34FN5O3. The molecule has 40 heavy (non-hydrogen) atoms. The van der Waals surface area contributed by atoms with E-state index in [1.165, 1.54) is 15.8 Å². The summed E-state index contributed by atoms with van der Waals surface area (Å²) in [5, 5.41) is 10.8. The van der Waals surface area contributed by atoms with Crippen LogP contribution in [0.5, 0.6) is 5.75 Å². The van der Waals surface area contributed by atoms with Gasteiger partial charge in [0, 0.05) is 24.0 Å². The van der Waals surface area contributed by atoms with E-state index in [2.05, 4.69) is 64.8 Å². The number of hydrogen-bond donors (Lipinski definition) is 1. The molecular weight excluding hydrogens is 508 g/mol. The van der Waals surface area contributed by atoms with Gasteiger partial charge in [-0.05, 0) is 68.7 Å². The average Bonchev–Trinajstić information content (AvgIpc) is 3.35. The highest BCUT2D eigenvalue weighted by Gasteiger charge is 2.30. The van der Waals surface area contributed by atoms with Crippen LogP contribution in [0.3, 0.4) is 0 Å². The molecule has 2 heterocycles. The van der Waals surface area contributed by atoms with Crippen molar-refractivity contribution in [2.75, 3.05) is 23.9 Å². The Labute approximate surface area is 233 Å². The number of nitrogens with zero attached hydrogens (tertiary/aromatic N) is 4. The largest absolute Gasteiger partial charge is 0.487 e. The molecule has 0 aliphatic carbocycles. The molecule has 0 saturated carbocycles. The highest BCUT2D eigenvalue weighted by Crippen LogP contribution is 2.47. The maximum absolute atomic E-state index is 12.5. The van der Waals surface area contributed by atoms with Gasteiger partial charge in [-0.1, -0.05) is 47.2 Å². The Kier molecular flexibility index (Phi) is 7.47. The first-order valence-corrected chi connectivity index (χ1v) is 13.3. The Bertz CT molecular complexity index is 1510. The van der Waals surface area contributed by atoms with Crippen molar-refractivity contribution in [3.05, 3.63) is 89.2 Å². The summed E-state index contributed by atoms with van der Waals surface area (Å²) in [4.78, 5) is 14.7. The number of halogens is 1. The minimum Gasteiger partial charge on any atom is -0.487 e. The predicted molar refractivity (Wildman–Crippen MR) is 153 cm³/mol. The number of amides is 1. The van der Waals surface area contributed by atoms with E-state index in [0.29, 0.717) is 17.1 Å². The zero-order chi connectivity index (χ0) is 28.4. The smallest absolute Gasteiger partial charge is 0.412 e. The summed E-state index contributed by atoms with van der Waals surface area (Å²) in [5.74, 6) is 0.705. The summed E-state index contributed by atoms with van der Waals surface area (Å²) in [6.45, 7) is 7.56. The fraction of sp³-hybridized carbons (Fsp3) is 0.323. The van der Waals surface area contributed by atoms with Crippen LogP contribution in [0, 0.1) is 6.92 Å². The number of nitrogens with one attached hydrogen (secondary N) is 1. The van der Waals surface area contributed by atoms with Crippen molar-refractivity contribution in [2.45, 2.75) is 52.5 Å². The Morgan fingerprint density at radius 3 is 2.52 bits per heavy atom. The van der Waals surface area contributed by atoms with Crippen molar-refractivity contribution >= 4 is 17.5 Å². The lowest BCUT2D eigenvalue weighted by atomic mass is 9.84. The van der Waals surface area contributed by atoms with E-state index in [-0.39, 0.29) is 19.2 Å². The van der Waals surface area contributed by atoms with Gasteiger partial charge in [-0.25, -0.2) is 13.9 Å². The molecule has 4 aromatic rings. The Balaban J connectivity index is 1.40. The quantitative estimate of drug-likeness (QED) is 0.280. The molecule has 1 aliphatic heterocycles.